The summed E-state index contributed by atoms with van der Waals surface area (Å²) in [6.45, 7) is 3.38. The average Bonchev–Trinajstić information content (AvgIpc) is 2.34. The predicted molar refractivity (Wildman–Crippen MR) is 32.3 cm³/mol. The first-order valence-corrected chi connectivity index (χ1v) is 2.51. The average molecular weight is 125 g/mol. The molecule has 1 rings (SSSR count). The van der Waals surface area contributed by atoms with E-state index in [1.807, 2.05) is 0 Å². The molecule has 4 nitrogen and oxygen atoms in total. The van der Waals surface area contributed by atoms with Gasteiger partial charge < -0.3 is 5.11 Å². The minimum absolute atomic E-state index is 0.0756. The molecule has 0 fully saturated rings. The fourth-order valence-corrected chi connectivity index (χ4v) is 0.475. The SMILES string of the molecule is C=Cn1cc(CO)nn1. The summed E-state index contributed by atoms with van der Waals surface area (Å²) in [5.74, 6) is 0. The number of aliphatic hydroxyl groups is 1. The van der Waals surface area contributed by atoms with Gasteiger partial charge in [-0.1, -0.05) is 11.8 Å². The third-order valence-corrected chi connectivity index (χ3v) is 0.907. The lowest BCUT2D eigenvalue weighted by molar-refractivity contribution is 0.276. The van der Waals surface area contributed by atoms with Crippen molar-refractivity contribution >= 4 is 6.20 Å². The van der Waals surface area contributed by atoms with Gasteiger partial charge in [0.1, 0.15) is 5.69 Å². The highest BCUT2D eigenvalue weighted by atomic mass is 16.3. The number of aliphatic hydroxyl groups excluding tert-OH is 1. The van der Waals surface area contributed by atoms with Crippen molar-refractivity contribution < 1.29 is 5.11 Å². The zero-order valence-corrected chi connectivity index (χ0v) is 4.86. The van der Waals surface area contributed by atoms with Crippen LogP contribution < -0.4 is 0 Å². The molecule has 1 N–H and O–H groups in total. The molecule has 1 aromatic rings. The Morgan fingerprint density at radius 2 is 2.67 bits per heavy atom. The molecule has 1 aromatic heterocycles. The van der Waals surface area contributed by atoms with Crippen LogP contribution in [0.25, 0.3) is 6.20 Å². The maximum Gasteiger partial charge on any atom is 0.109 e. The van der Waals surface area contributed by atoms with Crippen molar-refractivity contribution in [2.75, 3.05) is 0 Å². The summed E-state index contributed by atoms with van der Waals surface area (Å²) in [5.41, 5.74) is 0.551. The van der Waals surface area contributed by atoms with Crippen molar-refractivity contribution in [1.82, 2.24) is 15.0 Å². The minimum atomic E-state index is -0.0756. The van der Waals surface area contributed by atoms with Crippen molar-refractivity contribution in [3.8, 4) is 0 Å². The number of nitrogens with zero attached hydrogens (tertiary/aromatic N) is 3. The normalized spacial score (nSPS) is 9.44. The maximum atomic E-state index is 8.50. The van der Waals surface area contributed by atoms with Crippen LogP contribution in [-0.4, -0.2) is 20.1 Å². The first-order chi connectivity index (χ1) is 4.36. The molecule has 9 heavy (non-hydrogen) atoms. The van der Waals surface area contributed by atoms with Gasteiger partial charge in [-0.05, 0) is 0 Å². The molecular weight excluding hydrogens is 118 g/mol. The van der Waals surface area contributed by atoms with Gasteiger partial charge in [-0.3, -0.25) is 0 Å². The molecule has 4 heteroatoms. The standard InChI is InChI=1S/C5H7N3O/c1-2-8-3-5(4-9)6-7-8/h2-3,9H,1,4H2. The second-order valence-electron chi connectivity index (χ2n) is 1.53. The largest absolute Gasteiger partial charge is 0.390 e. The van der Waals surface area contributed by atoms with E-state index >= 15 is 0 Å². The molecule has 0 atom stereocenters. The van der Waals surface area contributed by atoms with Gasteiger partial charge in [0.25, 0.3) is 0 Å². The molecule has 0 saturated carbocycles. The Bertz CT molecular complexity index is 206. The first kappa shape index (κ1) is 5.97. The van der Waals surface area contributed by atoms with Crippen molar-refractivity contribution in [2.24, 2.45) is 0 Å². The zero-order valence-electron chi connectivity index (χ0n) is 4.86. The molecule has 0 radical (unpaired) electrons. The quantitative estimate of drug-likeness (QED) is 0.599. The van der Waals surface area contributed by atoms with Crippen molar-refractivity contribution in [2.45, 2.75) is 6.61 Å². The van der Waals surface area contributed by atoms with E-state index in [1.54, 1.807) is 6.20 Å². The van der Waals surface area contributed by atoms with E-state index in [0.29, 0.717) is 5.69 Å². The summed E-state index contributed by atoms with van der Waals surface area (Å²) in [6, 6.07) is 0. The molecule has 0 aromatic carbocycles. The molecule has 1 heterocycles. The Morgan fingerprint density at radius 3 is 3.00 bits per heavy atom. The molecule has 0 unspecified atom stereocenters. The third kappa shape index (κ3) is 1.14. The summed E-state index contributed by atoms with van der Waals surface area (Å²) in [6.07, 6.45) is 3.11. The summed E-state index contributed by atoms with van der Waals surface area (Å²) < 4.78 is 1.44. The predicted octanol–water partition coefficient (Wildman–Crippen LogP) is -0.129. The lowest BCUT2D eigenvalue weighted by atomic mass is 10.5. The highest BCUT2D eigenvalue weighted by molar-refractivity contribution is 5.13. The Kier molecular flexibility index (Phi) is 1.60. The topological polar surface area (TPSA) is 50.9 Å². The van der Waals surface area contributed by atoms with Crippen LogP contribution in [0.4, 0.5) is 0 Å². The van der Waals surface area contributed by atoms with E-state index in [9.17, 15) is 0 Å². The van der Waals surface area contributed by atoms with Crippen molar-refractivity contribution in [3.63, 3.8) is 0 Å². The van der Waals surface area contributed by atoms with Gasteiger partial charge in [-0.15, -0.1) is 5.10 Å². The monoisotopic (exact) mass is 125 g/mol. The van der Waals surface area contributed by atoms with E-state index in [2.05, 4.69) is 16.9 Å². The van der Waals surface area contributed by atoms with Crippen LogP contribution in [0.2, 0.25) is 0 Å². The molecular formula is C5H7N3O. The zero-order chi connectivity index (χ0) is 6.69. The lowest BCUT2D eigenvalue weighted by Gasteiger charge is -1.80. The minimum Gasteiger partial charge on any atom is -0.390 e. The fraction of sp³-hybridized carbons (Fsp3) is 0.200. The van der Waals surface area contributed by atoms with Crippen LogP contribution >= 0.6 is 0 Å². The van der Waals surface area contributed by atoms with Crippen LogP contribution in [-0.2, 0) is 6.61 Å². The van der Waals surface area contributed by atoms with E-state index < -0.39 is 0 Å². The van der Waals surface area contributed by atoms with Crippen molar-refractivity contribution in [3.05, 3.63) is 18.5 Å². The lowest BCUT2D eigenvalue weighted by Crippen LogP contribution is -1.83. The van der Waals surface area contributed by atoms with Crippen LogP contribution in [0.5, 0.6) is 0 Å². The number of hydrogen-bond donors (Lipinski definition) is 1. The number of hydrogen-bond acceptors (Lipinski definition) is 3. The highest BCUT2D eigenvalue weighted by Crippen LogP contribution is 1.90. The highest BCUT2D eigenvalue weighted by Gasteiger charge is 1.92. The molecule has 0 amide bonds. The van der Waals surface area contributed by atoms with Crippen LogP contribution in [0.15, 0.2) is 12.8 Å². The van der Waals surface area contributed by atoms with E-state index in [0.717, 1.165) is 0 Å². The number of rotatable bonds is 2. The molecule has 0 aliphatic heterocycles. The fourth-order valence-electron chi connectivity index (χ4n) is 0.475. The Morgan fingerprint density at radius 1 is 1.89 bits per heavy atom. The molecule has 0 bridgehead atoms. The van der Waals surface area contributed by atoms with Gasteiger partial charge in [-0.25, -0.2) is 4.68 Å². The molecule has 0 aliphatic carbocycles. The summed E-state index contributed by atoms with van der Waals surface area (Å²) in [7, 11) is 0. The van der Waals surface area contributed by atoms with Crippen LogP contribution in [0, 0.1) is 0 Å². The van der Waals surface area contributed by atoms with Gasteiger partial charge >= 0.3 is 0 Å². The van der Waals surface area contributed by atoms with Crippen LogP contribution in [0.3, 0.4) is 0 Å². The van der Waals surface area contributed by atoms with E-state index in [1.165, 1.54) is 10.9 Å². The second-order valence-corrected chi connectivity index (χ2v) is 1.53. The number of aromatic nitrogens is 3. The van der Waals surface area contributed by atoms with Crippen molar-refractivity contribution in [1.29, 1.82) is 0 Å². The molecule has 0 spiro atoms. The summed E-state index contributed by atoms with van der Waals surface area (Å²) in [5, 5.41) is 15.7. The van der Waals surface area contributed by atoms with Gasteiger partial charge in [-0.2, -0.15) is 0 Å². The smallest absolute Gasteiger partial charge is 0.109 e. The third-order valence-electron chi connectivity index (χ3n) is 0.907. The van der Waals surface area contributed by atoms with Crippen LogP contribution in [0.1, 0.15) is 5.69 Å². The summed E-state index contributed by atoms with van der Waals surface area (Å²) in [4.78, 5) is 0. The molecule has 0 saturated heterocycles. The Hall–Kier alpha value is -1.16. The van der Waals surface area contributed by atoms with Gasteiger partial charge in [0.05, 0.1) is 12.8 Å². The maximum absolute atomic E-state index is 8.50. The summed E-state index contributed by atoms with van der Waals surface area (Å²) >= 11 is 0. The Labute approximate surface area is 52.4 Å². The van der Waals surface area contributed by atoms with Gasteiger partial charge in [0.15, 0.2) is 0 Å². The van der Waals surface area contributed by atoms with E-state index in [-0.39, 0.29) is 6.61 Å². The first-order valence-electron chi connectivity index (χ1n) is 2.51. The van der Waals surface area contributed by atoms with E-state index in [4.69, 9.17) is 5.11 Å². The Balaban J connectivity index is 2.86. The van der Waals surface area contributed by atoms with Gasteiger partial charge in [0.2, 0.25) is 0 Å². The molecule has 0 aliphatic rings. The molecule has 48 valence electrons. The second kappa shape index (κ2) is 2.41. The van der Waals surface area contributed by atoms with Gasteiger partial charge in [0, 0.05) is 6.20 Å².